The van der Waals surface area contributed by atoms with Crippen LogP contribution in [0, 0.1) is 0 Å². The molecule has 0 radical (unpaired) electrons. The summed E-state index contributed by atoms with van der Waals surface area (Å²) in [6, 6.07) is 0. The average Bonchev–Trinajstić information content (AvgIpc) is 2.87. The zero-order valence-electron chi connectivity index (χ0n) is 9.67. The van der Waals surface area contributed by atoms with Gasteiger partial charge in [0.15, 0.2) is 10.8 Å². The largest absolute Gasteiger partial charge is 0.464 e. The van der Waals surface area contributed by atoms with E-state index in [9.17, 15) is 4.79 Å². The molecule has 0 atom stereocenters. The number of carbonyl (C=O) groups excluding carboxylic acids is 1. The summed E-state index contributed by atoms with van der Waals surface area (Å²) in [4.78, 5) is 17.5. The number of hydrogen-bond acceptors (Lipinski definition) is 4. The Bertz CT molecular complexity index is 488. The van der Waals surface area contributed by atoms with Crippen LogP contribution in [0.2, 0.25) is 15.2 Å². The van der Waals surface area contributed by atoms with Gasteiger partial charge in [0.2, 0.25) is 0 Å². The second kappa shape index (κ2) is 5.51. The molecule has 0 spiro atoms. The second-order valence-corrected chi connectivity index (χ2v) is 5.03. The number of methoxy groups -OCH3 is 1. The fourth-order valence-corrected chi connectivity index (χ4v) is 2.76. The molecule has 0 unspecified atom stereocenters. The van der Waals surface area contributed by atoms with Crippen LogP contribution in [-0.2, 0) is 4.74 Å². The molecule has 1 fully saturated rings. The fourth-order valence-electron chi connectivity index (χ4n) is 1.95. The van der Waals surface area contributed by atoms with Gasteiger partial charge in [0.1, 0.15) is 5.02 Å². The van der Waals surface area contributed by atoms with Crippen molar-refractivity contribution in [1.29, 1.82) is 0 Å². The highest BCUT2D eigenvalue weighted by molar-refractivity contribution is 6.46. The van der Waals surface area contributed by atoms with Gasteiger partial charge in [-0.15, -0.1) is 0 Å². The second-order valence-electron chi connectivity index (χ2n) is 3.91. The van der Waals surface area contributed by atoms with Crippen molar-refractivity contribution < 1.29 is 9.53 Å². The van der Waals surface area contributed by atoms with Crippen LogP contribution in [0.15, 0.2) is 0 Å². The minimum absolute atomic E-state index is 0.00420. The van der Waals surface area contributed by atoms with Crippen LogP contribution in [0.1, 0.15) is 23.3 Å². The first-order valence-corrected chi connectivity index (χ1v) is 6.57. The van der Waals surface area contributed by atoms with Gasteiger partial charge in [-0.3, -0.25) is 0 Å². The minimum atomic E-state index is -0.626. The molecule has 1 saturated heterocycles. The van der Waals surface area contributed by atoms with Gasteiger partial charge in [-0.25, -0.2) is 9.78 Å². The van der Waals surface area contributed by atoms with Crippen LogP contribution in [0.5, 0.6) is 0 Å². The van der Waals surface area contributed by atoms with Crippen LogP contribution in [0.25, 0.3) is 0 Å². The topological polar surface area (TPSA) is 42.4 Å². The predicted octanol–water partition coefficient (Wildman–Crippen LogP) is 3.43. The third kappa shape index (κ3) is 2.37. The van der Waals surface area contributed by atoms with Gasteiger partial charge in [-0.05, 0) is 12.8 Å². The highest BCUT2D eigenvalue weighted by Gasteiger charge is 2.26. The summed E-state index contributed by atoms with van der Waals surface area (Å²) in [5.74, 6) is -0.626. The highest BCUT2D eigenvalue weighted by atomic mass is 35.5. The maximum Gasteiger partial charge on any atom is 0.358 e. The van der Waals surface area contributed by atoms with E-state index >= 15 is 0 Å². The molecule has 4 nitrogen and oxygen atoms in total. The Morgan fingerprint density at radius 3 is 2.39 bits per heavy atom. The Hall–Kier alpha value is -0.710. The van der Waals surface area contributed by atoms with Gasteiger partial charge >= 0.3 is 5.97 Å². The molecule has 98 valence electrons. The standard InChI is InChI=1S/C11H11Cl3N2O2/c1-18-11(17)8-6(12)9(7(13)10(14)15-8)16-4-2-3-5-16/h2-5H2,1H3. The maximum atomic E-state index is 11.6. The number of halogens is 3. The molecule has 1 aliphatic heterocycles. The van der Waals surface area contributed by atoms with E-state index in [1.54, 1.807) is 0 Å². The first-order valence-electron chi connectivity index (χ1n) is 5.44. The molecule has 18 heavy (non-hydrogen) atoms. The van der Waals surface area contributed by atoms with Crippen molar-refractivity contribution in [3.05, 3.63) is 20.9 Å². The van der Waals surface area contributed by atoms with Crippen molar-refractivity contribution in [2.75, 3.05) is 25.1 Å². The van der Waals surface area contributed by atoms with E-state index in [2.05, 4.69) is 9.72 Å². The quantitative estimate of drug-likeness (QED) is 0.620. The number of esters is 1. The molecule has 1 aromatic rings. The van der Waals surface area contributed by atoms with Gasteiger partial charge in [-0.2, -0.15) is 0 Å². The average molecular weight is 310 g/mol. The molecule has 7 heteroatoms. The summed E-state index contributed by atoms with van der Waals surface area (Å²) in [6.07, 6.45) is 2.11. The SMILES string of the molecule is COC(=O)c1nc(Cl)c(Cl)c(N2CCCC2)c1Cl. The fraction of sp³-hybridized carbons (Fsp3) is 0.455. The van der Waals surface area contributed by atoms with Crippen molar-refractivity contribution in [1.82, 2.24) is 4.98 Å². The molecule has 1 aromatic heterocycles. The van der Waals surface area contributed by atoms with Crippen LogP contribution in [0.4, 0.5) is 5.69 Å². The Labute approximate surface area is 120 Å². The summed E-state index contributed by atoms with van der Waals surface area (Å²) in [5.41, 5.74) is 0.562. The van der Waals surface area contributed by atoms with Crippen LogP contribution < -0.4 is 4.90 Å². The van der Waals surface area contributed by atoms with Crippen LogP contribution in [-0.4, -0.2) is 31.2 Å². The number of anilines is 1. The predicted molar refractivity (Wildman–Crippen MR) is 72.1 cm³/mol. The Kier molecular flexibility index (Phi) is 4.20. The molecule has 0 aromatic carbocycles. The molecule has 0 aliphatic carbocycles. The zero-order chi connectivity index (χ0) is 13.3. The third-order valence-electron chi connectivity index (χ3n) is 2.82. The molecule has 0 bridgehead atoms. The third-order valence-corrected chi connectivity index (χ3v) is 3.90. The van der Waals surface area contributed by atoms with E-state index in [-0.39, 0.29) is 20.9 Å². The maximum absolute atomic E-state index is 11.6. The van der Waals surface area contributed by atoms with Gasteiger partial charge in [0.25, 0.3) is 0 Å². The summed E-state index contributed by atoms with van der Waals surface area (Å²) in [6.45, 7) is 1.67. The molecule has 2 heterocycles. The van der Waals surface area contributed by atoms with E-state index in [4.69, 9.17) is 34.8 Å². The van der Waals surface area contributed by atoms with Gasteiger partial charge in [0, 0.05) is 13.1 Å². The molecule has 0 amide bonds. The molecule has 1 aliphatic rings. The summed E-state index contributed by atoms with van der Waals surface area (Å²) >= 11 is 18.3. The molecule has 0 N–H and O–H groups in total. The number of aromatic nitrogens is 1. The number of pyridine rings is 1. The minimum Gasteiger partial charge on any atom is -0.464 e. The van der Waals surface area contributed by atoms with Crippen molar-refractivity contribution in [2.45, 2.75) is 12.8 Å². The summed E-state index contributed by atoms with van der Waals surface area (Å²) in [5, 5.41) is 0.526. The van der Waals surface area contributed by atoms with E-state index < -0.39 is 5.97 Å². The Morgan fingerprint density at radius 2 is 1.83 bits per heavy atom. The lowest BCUT2D eigenvalue weighted by molar-refractivity contribution is 0.0594. The number of hydrogen-bond donors (Lipinski definition) is 0. The highest BCUT2D eigenvalue weighted by Crippen LogP contribution is 2.40. The number of rotatable bonds is 2. The molecule has 2 rings (SSSR count). The summed E-state index contributed by atoms with van der Waals surface area (Å²) < 4.78 is 4.62. The Morgan fingerprint density at radius 1 is 1.22 bits per heavy atom. The van der Waals surface area contributed by atoms with E-state index in [0.717, 1.165) is 25.9 Å². The number of carbonyl (C=O) groups is 1. The van der Waals surface area contributed by atoms with Crippen LogP contribution in [0.3, 0.4) is 0 Å². The van der Waals surface area contributed by atoms with E-state index in [1.807, 2.05) is 4.90 Å². The van der Waals surface area contributed by atoms with Crippen molar-refractivity contribution in [2.24, 2.45) is 0 Å². The number of nitrogens with zero attached hydrogens (tertiary/aromatic N) is 2. The molecular weight excluding hydrogens is 298 g/mol. The molecular formula is C11H11Cl3N2O2. The lowest BCUT2D eigenvalue weighted by Gasteiger charge is -2.21. The smallest absolute Gasteiger partial charge is 0.358 e. The van der Waals surface area contributed by atoms with Crippen LogP contribution >= 0.6 is 34.8 Å². The monoisotopic (exact) mass is 308 g/mol. The molecule has 0 saturated carbocycles. The first-order chi connectivity index (χ1) is 8.56. The normalized spacial score (nSPS) is 15.0. The van der Waals surface area contributed by atoms with Gasteiger partial charge in [-0.1, -0.05) is 34.8 Å². The van der Waals surface area contributed by atoms with Crippen molar-refractivity contribution in [3.8, 4) is 0 Å². The van der Waals surface area contributed by atoms with Crippen molar-refractivity contribution in [3.63, 3.8) is 0 Å². The lowest BCUT2D eigenvalue weighted by atomic mass is 10.3. The summed E-state index contributed by atoms with van der Waals surface area (Å²) in [7, 11) is 1.26. The first kappa shape index (κ1) is 13.7. The van der Waals surface area contributed by atoms with E-state index in [0.29, 0.717) is 5.69 Å². The van der Waals surface area contributed by atoms with Gasteiger partial charge in [0.05, 0.1) is 17.8 Å². The van der Waals surface area contributed by atoms with Crippen molar-refractivity contribution >= 4 is 46.5 Å². The number of ether oxygens (including phenoxy) is 1. The van der Waals surface area contributed by atoms with Gasteiger partial charge < -0.3 is 9.64 Å². The zero-order valence-corrected chi connectivity index (χ0v) is 11.9. The van der Waals surface area contributed by atoms with E-state index in [1.165, 1.54) is 7.11 Å². The Balaban J connectivity index is 2.56. The lowest BCUT2D eigenvalue weighted by Crippen LogP contribution is -2.20.